The second-order valence-corrected chi connectivity index (χ2v) is 5.56. The van der Waals surface area contributed by atoms with Gasteiger partial charge >= 0.3 is 0 Å². The predicted octanol–water partition coefficient (Wildman–Crippen LogP) is 2.70. The third-order valence-corrected chi connectivity index (χ3v) is 3.61. The zero-order chi connectivity index (χ0) is 17.5. The highest BCUT2D eigenvalue weighted by molar-refractivity contribution is 6.30. The van der Waals surface area contributed by atoms with Gasteiger partial charge in [-0.1, -0.05) is 29.8 Å². The molecule has 24 heavy (non-hydrogen) atoms. The van der Waals surface area contributed by atoms with Gasteiger partial charge in [0.05, 0.1) is 5.56 Å². The average molecular weight is 345 g/mol. The van der Waals surface area contributed by atoms with E-state index in [0.29, 0.717) is 21.7 Å². The van der Waals surface area contributed by atoms with Crippen LogP contribution in [0.3, 0.4) is 0 Å². The lowest BCUT2D eigenvalue weighted by Gasteiger charge is -2.09. The molecule has 5 nitrogen and oxygen atoms in total. The van der Waals surface area contributed by atoms with E-state index in [2.05, 4.69) is 10.6 Å². The van der Waals surface area contributed by atoms with Crippen LogP contribution in [0.4, 0.5) is 0 Å². The summed E-state index contributed by atoms with van der Waals surface area (Å²) in [5.74, 6) is -0.761. The van der Waals surface area contributed by atoms with Crippen molar-refractivity contribution in [3.63, 3.8) is 0 Å². The maximum Gasteiger partial charge on any atom is 0.252 e. The van der Waals surface area contributed by atoms with Gasteiger partial charge in [0.1, 0.15) is 0 Å². The maximum atomic E-state index is 12.1. The predicted molar refractivity (Wildman–Crippen MR) is 92.6 cm³/mol. The average Bonchev–Trinajstić information content (AvgIpc) is 2.58. The molecule has 0 aliphatic heterocycles. The molecule has 0 radical (unpaired) electrons. The standard InChI is InChI=1S/C18H17ClN2O3/c1-12(22)15-4-2-3-5-16(15)18(24)21-11-10-20-17(23)13-6-8-14(19)9-7-13/h2-9H,10-11H2,1H3,(H,20,23)(H,21,24). The van der Waals surface area contributed by atoms with Crippen molar-refractivity contribution in [3.8, 4) is 0 Å². The van der Waals surface area contributed by atoms with Crippen molar-refractivity contribution in [1.82, 2.24) is 10.6 Å². The van der Waals surface area contributed by atoms with E-state index >= 15 is 0 Å². The van der Waals surface area contributed by atoms with Crippen LogP contribution in [-0.4, -0.2) is 30.7 Å². The van der Waals surface area contributed by atoms with E-state index < -0.39 is 0 Å². The van der Waals surface area contributed by atoms with Crippen molar-refractivity contribution >= 4 is 29.2 Å². The van der Waals surface area contributed by atoms with Crippen LogP contribution in [-0.2, 0) is 0 Å². The molecule has 0 atom stereocenters. The van der Waals surface area contributed by atoms with Crippen molar-refractivity contribution in [1.29, 1.82) is 0 Å². The molecule has 0 saturated heterocycles. The van der Waals surface area contributed by atoms with E-state index in [0.717, 1.165) is 0 Å². The Morgan fingerprint density at radius 2 is 1.38 bits per heavy atom. The number of amides is 2. The van der Waals surface area contributed by atoms with Crippen LogP contribution in [0.2, 0.25) is 5.02 Å². The highest BCUT2D eigenvalue weighted by Gasteiger charge is 2.13. The molecule has 2 aromatic rings. The number of carbonyl (C=O) groups is 3. The molecule has 2 amide bonds. The van der Waals surface area contributed by atoms with E-state index in [1.807, 2.05) is 0 Å². The monoisotopic (exact) mass is 344 g/mol. The Morgan fingerprint density at radius 1 is 0.833 bits per heavy atom. The van der Waals surface area contributed by atoms with Crippen LogP contribution in [0.5, 0.6) is 0 Å². The van der Waals surface area contributed by atoms with E-state index in [4.69, 9.17) is 11.6 Å². The molecule has 0 aliphatic carbocycles. The summed E-state index contributed by atoms with van der Waals surface area (Å²) in [4.78, 5) is 35.6. The lowest BCUT2D eigenvalue weighted by atomic mass is 10.0. The Labute approximate surface area is 145 Å². The van der Waals surface area contributed by atoms with Crippen LogP contribution >= 0.6 is 11.6 Å². The van der Waals surface area contributed by atoms with Crippen LogP contribution in [0.1, 0.15) is 38.0 Å². The van der Waals surface area contributed by atoms with Crippen LogP contribution in [0, 0.1) is 0 Å². The van der Waals surface area contributed by atoms with Gasteiger partial charge in [0.2, 0.25) is 0 Å². The summed E-state index contributed by atoms with van der Waals surface area (Å²) in [5.41, 5.74) is 1.20. The maximum absolute atomic E-state index is 12.1. The van der Waals surface area contributed by atoms with Gasteiger partial charge in [0.25, 0.3) is 11.8 Å². The fourth-order valence-corrected chi connectivity index (χ4v) is 2.26. The van der Waals surface area contributed by atoms with E-state index in [9.17, 15) is 14.4 Å². The number of rotatable bonds is 6. The molecule has 0 spiro atoms. The van der Waals surface area contributed by atoms with Crippen molar-refractivity contribution in [2.24, 2.45) is 0 Å². The number of carbonyl (C=O) groups excluding carboxylic acids is 3. The number of nitrogens with one attached hydrogen (secondary N) is 2. The largest absolute Gasteiger partial charge is 0.350 e. The molecule has 2 rings (SSSR count). The first-order valence-electron chi connectivity index (χ1n) is 7.41. The summed E-state index contributed by atoms with van der Waals surface area (Å²) in [7, 11) is 0. The number of Topliss-reactive ketones (excluding diaryl/α,β-unsaturated/α-hetero) is 1. The number of hydrogen-bond acceptors (Lipinski definition) is 3. The molecule has 0 fully saturated rings. The van der Waals surface area contributed by atoms with Crippen molar-refractivity contribution in [2.45, 2.75) is 6.92 Å². The van der Waals surface area contributed by atoms with Crippen LogP contribution in [0.15, 0.2) is 48.5 Å². The normalized spacial score (nSPS) is 10.1. The summed E-state index contributed by atoms with van der Waals surface area (Å²) >= 11 is 5.77. The molecule has 0 heterocycles. The summed E-state index contributed by atoms with van der Waals surface area (Å²) in [5, 5.41) is 5.94. The molecule has 124 valence electrons. The highest BCUT2D eigenvalue weighted by Crippen LogP contribution is 2.10. The highest BCUT2D eigenvalue weighted by atomic mass is 35.5. The van der Waals surface area contributed by atoms with Gasteiger partial charge in [-0.3, -0.25) is 14.4 Å². The van der Waals surface area contributed by atoms with E-state index in [1.165, 1.54) is 6.92 Å². The quantitative estimate of drug-likeness (QED) is 0.625. The molecule has 0 bridgehead atoms. The Kier molecular flexibility index (Phi) is 6.09. The first-order valence-corrected chi connectivity index (χ1v) is 7.79. The van der Waals surface area contributed by atoms with Crippen molar-refractivity contribution < 1.29 is 14.4 Å². The van der Waals surface area contributed by atoms with Gasteiger partial charge < -0.3 is 10.6 Å². The zero-order valence-corrected chi connectivity index (χ0v) is 13.9. The Balaban J connectivity index is 1.84. The second-order valence-electron chi connectivity index (χ2n) is 5.12. The Bertz CT molecular complexity index is 757. The molecule has 0 unspecified atom stereocenters. The fourth-order valence-electron chi connectivity index (χ4n) is 2.14. The first-order chi connectivity index (χ1) is 11.5. The molecular weight excluding hydrogens is 328 g/mol. The van der Waals surface area contributed by atoms with Gasteiger partial charge in [-0.2, -0.15) is 0 Å². The number of halogens is 1. The molecule has 0 aliphatic rings. The van der Waals surface area contributed by atoms with Gasteiger partial charge in [0.15, 0.2) is 5.78 Å². The summed E-state index contributed by atoms with van der Waals surface area (Å²) < 4.78 is 0. The summed E-state index contributed by atoms with van der Waals surface area (Å²) in [6.45, 7) is 1.94. The first kappa shape index (κ1) is 17.7. The topological polar surface area (TPSA) is 75.3 Å². The van der Waals surface area contributed by atoms with Gasteiger partial charge in [-0.15, -0.1) is 0 Å². The summed E-state index contributed by atoms with van der Waals surface area (Å²) in [6.07, 6.45) is 0. The number of benzene rings is 2. The number of ketones is 1. The zero-order valence-electron chi connectivity index (χ0n) is 13.1. The van der Waals surface area contributed by atoms with Gasteiger partial charge in [0, 0.05) is 29.2 Å². The SMILES string of the molecule is CC(=O)c1ccccc1C(=O)NCCNC(=O)c1ccc(Cl)cc1. The van der Waals surface area contributed by atoms with Crippen molar-refractivity contribution in [2.75, 3.05) is 13.1 Å². The smallest absolute Gasteiger partial charge is 0.252 e. The third-order valence-electron chi connectivity index (χ3n) is 3.35. The molecule has 2 N–H and O–H groups in total. The van der Waals surface area contributed by atoms with Crippen LogP contribution < -0.4 is 10.6 Å². The minimum Gasteiger partial charge on any atom is -0.350 e. The molecule has 6 heteroatoms. The van der Waals surface area contributed by atoms with E-state index in [1.54, 1.807) is 48.5 Å². The lowest BCUT2D eigenvalue weighted by molar-refractivity contribution is 0.0923. The number of hydrogen-bond donors (Lipinski definition) is 2. The lowest BCUT2D eigenvalue weighted by Crippen LogP contribution is -2.35. The molecular formula is C18H17ClN2O3. The van der Waals surface area contributed by atoms with Gasteiger partial charge in [-0.25, -0.2) is 0 Å². The van der Waals surface area contributed by atoms with E-state index in [-0.39, 0.29) is 30.7 Å². The van der Waals surface area contributed by atoms with Crippen molar-refractivity contribution in [3.05, 3.63) is 70.2 Å². The molecule has 0 saturated carbocycles. The minimum absolute atomic E-state index is 0.170. The van der Waals surface area contributed by atoms with Crippen LogP contribution in [0.25, 0.3) is 0 Å². The Morgan fingerprint density at radius 3 is 1.96 bits per heavy atom. The third kappa shape index (κ3) is 4.67. The summed E-state index contributed by atoms with van der Waals surface area (Å²) in [6, 6.07) is 13.1. The minimum atomic E-state index is -0.346. The Hall–Kier alpha value is -2.66. The second kappa shape index (κ2) is 8.26. The van der Waals surface area contributed by atoms with Gasteiger partial charge in [-0.05, 0) is 37.3 Å². The molecule has 2 aromatic carbocycles. The fraction of sp³-hybridized carbons (Fsp3) is 0.167. The molecule has 0 aromatic heterocycles.